The molecule has 0 saturated carbocycles. The Morgan fingerprint density at radius 3 is 2.66 bits per heavy atom. The average Bonchev–Trinajstić information content (AvgIpc) is 3.46. The highest BCUT2D eigenvalue weighted by molar-refractivity contribution is 7.18. The number of rotatable bonds is 5. The fraction of sp³-hybridized carbons (Fsp3) is 0.500. The van der Waals surface area contributed by atoms with Crippen molar-refractivity contribution in [3.05, 3.63) is 35.0 Å². The van der Waals surface area contributed by atoms with Crippen LogP contribution in [0.3, 0.4) is 0 Å². The molecule has 4 heterocycles. The van der Waals surface area contributed by atoms with Gasteiger partial charge in [-0.05, 0) is 36.3 Å². The first kappa shape index (κ1) is 18.8. The van der Waals surface area contributed by atoms with Gasteiger partial charge in [0.2, 0.25) is 5.82 Å². The highest BCUT2D eigenvalue weighted by atomic mass is 35.5. The number of fused-ring (bicyclic) bond motifs is 1. The van der Waals surface area contributed by atoms with E-state index in [9.17, 15) is 0 Å². The normalized spacial score (nSPS) is 21.2. The van der Waals surface area contributed by atoms with Crippen molar-refractivity contribution in [1.29, 1.82) is 0 Å². The Hall–Kier alpha value is -2.19. The molecule has 2 saturated heterocycles. The monoisotopic (exact) mass is 429 g/mol. The summed E-state index contributed by atoms with van der Waals surface area (Å²) in [6.45, 7) is 9.30. The standard InChI is InChI=1S/C20H24ClN7S/c1-3-6-28-24-19(23-25-28)18-8-22-20(29-18)27-11-14-9-26(10-15(14)12-27)17-7-16(21)5-4-13(17)2/h4-5,7-8,14-15H,3,6,9-12H2,1-2H3. The molecule has 9 heteroatoms. The molecule has 3 aromatic rings. The van der Waals surface area contributed by atoms with Gasteiger partial charge in [-0.3, -0.25) is 0 Å². The third-order valence-corrected chi connectivity index (χ3v) is 7.15. The van der Waals surface area contributed by atoms with Crippen molar-refractivity contribution in [2.45, 2.75) is 26.8 Å². The molecule has 2 aromatic heterocycles. The summed E-state index contributed by atoms with van der Waals surface area (Å²) in [5.74, 6) is 1.98. The van der Waals surface area contributed by atoms with E-state index in [-0.39, 0.29) is 0 Å². The zero-order valence-corrected chi connectivity index (χ0v) is 18.2. The lowest BCUT2D eigenvalue weighted by Crippen LogP contribution is -2.29. The summed E-state index contributed by atoms with van der Waals surface area (Å²) < 4.78 is 0. The Morgan fingerprint density at radius 1 is 1.14 bits per heavy atom. The molecule has 2 atom stereocenters. The minimum absolute atomic E-state index is 0.657. The van der Waals surface area contributed by atoms with Crippen LogP contribution in [0, 0.1) is 18.8 Å². The van der Waals surface area contributed by atoms with Crippen LogP contribution in [0.2, 0.25) is 5.02 Å². The van der Waals surface area contributed by atoms with Gasteiger partial charge in [-0.15, -0.1) is 10.2 Å². The third kappa shape index (κ3) is 3.59. The van der Waals surface area contributed by atoms with Gasteiger partial charge in [-0.2, -0.15) is 4.80 Å². The predicted octanol–water partition coefficient (Wildman–Crippen LogP) is 3.74. The summed E-state index contributed by atoms with van der Waals surface area (Å²) >= 11 is 7.89. The van der Waals surface area contributed by atoms with Crippen molar-refractivity contribution >= 4 is 33.8 Å². The van der Waals surface area contributed by atoms with E-state index >= 15 is 0 Å². The van der Waals surface area contributed by atoms with Crippen LogP contribution in [-0.4, -0.2) is 51.4 Å². The second-order valence-electron chi connectivity index (χ2n) is 7.98. The number of aryl methyl sites for hydroxylation is 2. The van der Waals surface area contributed by atoms with Gasteiger partial charge in [0.05, 0.1) is 17.6 Å². The lowest BCUT2D eigenvalue weighted by atomic mass is 10.0. The van der Waals surface area contributed by atoms with E-state index in [1.54, 1.807) is 16.1 Å². The number of halogens is 1. The molecule has 1 aromatic carbocycles. The van der Waals surface area contributed by atoms with Crippen molar-refractivity contribution < 1.29 is 0 Å². The highest BCUT2D eigenvalue weighted by Crippen LogP contribution is 2.39. The number of anilines is 2. The molecule has 2 aliphatic heterocycles. The molecular weight excluding hydrogens is 406 g/mol. The van der Waals surface area contributed by atoms with E-state index in [2.05, 4.69) is 56.2 Å². The Bertz CT molecular complexity index is 1000. The van der Waals surface area contributed by atoms with Crippen LogP contribution in [-0.2, 0) is 6.54 Å². The zero-order chi connectivity index (χ0) is 20.0. The molecule has 29 heavy (non-hydrogen) atoms. The zero-order valence-electron chi connectivity index (χ0n) is 16.6. The largest absolute Gasteiger partial charge is 0.371 e. The van der Waals surface area contributed by atoms with E-state index in [1.807, 2.05) is 12.3 Å². The summed E-state index contributed by atoms with van der Waals surface area (Å²) in [7, 11) is 0. The SMILES string of the molecule is CCCn1nnc(-c2cnc(N3CC4CN(c5cc(Cl)ccc5C)CC4C3)s2)n1. The lowest BCUT2D eigenvalue weighted by Gasteiger charge is -2.24. The molecule has 0 aliphatic carbocycles. The van der Waals surface area contributed by atoms with Crippen molar-refractivity contribution in [1.82, 2.24) is 25.2 Å². The Balaban J connectivity index is 1.26. The van der Waals surface area contributed by atoms with Crippen LogP contribution in [0.5, 0.6) is 0 Å². The Morgan fingerprint density at radius 2 is 1.90 bits per heavy atom. The van der Waals surface area contributed by atoms with Crippen molar-refractivity contribution in [3.8, 4) is 10.7 Å². The highest BCUT2D eigenvalue weighted by Gasteiger charge is 2.41. The number of benzene rings is 1. The number of nitrogens with zero attached hydrogens (tertiary/aromatic N) is 7. The van der Waals surface area contributed by atoms with Crippen LogP contribution in [0.4, 0.5) is 10.8 Å². The number of tetrazole rings is 1. The molecular formula is C20H24ClN7S. The molecule has 2 fully saturated rings. The minimum Gasteiger partial charge on any atom is -0.371 e. The van der Waals surface area contributed by atoms with Gasteiger partial charge in [0, 0.05) is 48.7 Å². The Labute approximate surface area is 179 Å². The van der Waals surface area contributed by atoms with E-state index < -0.39 is 0 Å². The third-order valence-electron chi connectivity index (χ3n) is 5.86. The second-order valence-corrected chi connectivity index (χ2v) is 9.42. The molecule has 7 nitrogen and oxygen atoms in total. The average molecular weight is 430 g/mol. The maximum atomic E-state index is 6.23. The summed E-state index contributed by atoms with van der Waals surface area (Å²) in [5, 5.41) is 14.6. The van der Waals surface area contributed by atoms with Crippen molar-refractivity contribution in [2.75, 3.05) is 36.0 Å². The molecule has 0 bridgehead atoms. The molecule has 0 radical (unpaired) electrons. The molecule has 152 valence electrons. The fourth-order valence-electron chi connectivity index (χ4n) is 4.42. The van der Waals surface area contributed by atoms with Gasteiger partial charge in [0.15, 0.2) is 5.13 Å². The van der Waals surface area contributed by atoms with E-state index in [0.717, 1.165) is 54.2 Å². The molecule has 0 spiro atoms. The lowest BCUT2D eigenvalue weighted by molar-refractivity contribution is 0.515. The van der Waals surface area contributed by atoms with Gasteiger partial charge in [0.25, 0.3) is 0 Å². The summed E-state index contributed by atoms with van der Waals surface area (Å²) in [6, 6.07) is 6.18. The van der Waals surface area contributed by atoms with Crippen LogP contribution in [0.1, 0.15) is 18.9 Å². The van der Waals surface area contributed by atoms with Crippen LogP contribution in [0.15, 0.2) is 24.4 Å². The van der Waals surface area contributed by atoms with Crippen molar-refractivity contribution in [3.63, 3.8) is 0 Å². The van der Waals surface area contributed by atoms with Gasteiger partial charge in [-0.1, -0.05) is 35.9 Å². The molecule has 0 amide bonds. The fourth-order valence-corrected chi connectivity index (χ4v) is 5.45. The van der Waals surface area contributed by atoms with E-state index in [0.29, 0.717) is 17.7 Å². The van der Waals surface area contributed by atoms with Gasteiger partial charge in [-0.25, -0.2) is 4.98 Å². The maximum Gasteiger partial charge on any atom is 0.216 e. The summed E-state index contributed by atoms with van der Waals surface area (Å²) in [5.41, 5.74) is 2.57. The summed E-state index contributed by atoms with van der Waals surface area (Å²) in [4.78, 5) is 12.2. The molecule has 5 rings (SSSR count). The first-order valence-corrected chi connectivity index (χ1v) is 11.3. The van der Waals surface area contributed by atoms with E-state index in [1.165, 1.54) is 11.3 Å². The van der Waals surface area contributed by atoms with Crippen LogP contribution >= 0.6 is 22.9 Å². The predicted molar refractivity (Wildman–Crippen MR) is 117 cm³/mol. The maximum absolute atomic E-state index is 6.23. The first-order valence-electron chi connectivity index (χ1n) is 10.1. The first-order chi connectivity index (χ1) is 14.1. The quantitative estimate of drug-likeness (QED) is 0.615. The van der Waals surface area contributed by atoms with Gasteiger partial charge < -0.3 is 9.80 Å². The molecule has 2 unspecified atom stereocenters. The van der Waals surface area contributed by atoms with E-state index in [4.69, 9.17) is 11.6 Å². The molecule has 0 N–H and O–H groups in total. The van der Waals surface area contributed by atoms with Gasteiger partial charge >= 0.3 is 0 Å². The molecule has 2 aliphatic rings. The number of hydrogen-bond donors (Lipinski definition) is 0. The Kier molecular flexibility index (Phi) is 4.91. The number of aromatic nitrogens is 5. The smallest absolute Gasteiger partial charge is 0.216 e. The van der Waals surface area contributed by atoms with Gasteiger partial charge in [0.1, 0.15) is 0 Å². The van der Waals surface area contributed by atoms with Crippen LogP contribution in [0.25, 0.3) is 10.7 Å². The number of hydrogen-bond acceptors (Lipinski definition) is 7. The second kappa shape index (κ2) is 7.57. The topological polar surface area (TPSA) is 63.0 Å². The van der Waals surface area contributed by atoms with Crippen LogP contribution < -0.4 is 9.80 Å². The number of thiazole rings is 1. The minimum atomic E-state index is 0.657. The van der Waals surface area contributed by atoms with Crippen molar-refractivity contribution in [2.24, 2.45) is 11.8 Å². The summed E-state index contributed by atoms with van der Waals surface area (Å²) in [6.07, 6.45) is 2.87.